The van der Waals surface area contributed by atoms with Gasteiger partial charge in [0, 0.05) is 18.2 Å². The van der Waals surface area contributed by atoms with E-state index in [9.17, 15) is 14.3 Å². The lowest BCUT2D eigenvalue weighted by Crippen LogP contribution is -2.32. The van der Waals surface area contributed by atoms with E-state index in [1.54, 1.807) is 18.2 Å². The molecule has 3 heterocycles. The van der Waals surface area contributed by atoms with Crippen LogP contribution in [0, 0.1) is 12.7 Å². The van der Waals surface area contributed by atoms with Crippen LogP contribution in [0.25, 0.3) is 28.2 Å². The zero-order chi connectivity index (χ0) is 22.2. The molecule has 5 rings (SSSR count). The molecule has 162 valence electrons. The molecule has 0 unspecified atom stereocenters. The Hall–Kier alpha value is -3.78. The third kappa shape index (κ3) is 3.48. The van der Waals surface area contributed by atoms with Crippen LogP contribution in [-0.4, -0.2) is 37.3 Å². The highest BCUT2D eigenvalue weighted by molar-refractivity contribution is 5.87. The Bertz CT molecular complexity index is 1340. The molecule has 0 amide bonds. The first kappa shape index (κ1) is 20.1. The van der Waals surface area contributed by atoms with Gasteiger partial charge >= 0.3 is 0 Å². The summed E-state index contributed by atoms with van der Waals surface area (Å²) < 4.78 is 16.8. The molecule has 0 fully saturated rings. The number of para-hydroxylation sites is 1. The number of anilines is 1. The average molecular weight is 431 g/mol. The summed E-state index contributed by atoms with van der Waals surface area (Å²) in [6.07, 6.45) is 0.726. The lowest BCUT2D eigenvalue weighted by atomic mass is 10.0. The number of hydrogen-bond acceptors (Lipinski definition) is 5. The Kier molecular flexibility index (Phi) is 5.07. The molecule has 1 atom stereocenters. The van der Waals surface area contributed by atoms with Gasteiger partial charge in [-0.1, -0.05) is 18.2 Å². The van der Waals surface area contributed by atoms with Crippen LogP contribution in [0.1, 0.15) is 12.0 Å². The van der Waals surface area contributed by atoms with E-state index < -0.39 is 0 Å². The molecule has 7 nitrogen and oxygen atoms in total. The maximum Gasteiger partial charge on any atom is 0.271 e. The number of aromatic nitrogens is 4. The van der Waals surface area contributed by atoms with Crippen molar-refractivity contribution in [3.8, 4) is 28.2 Å². The normalized spacial score (nSPS) is 15.3. The number of hydrogen-bond donors (Lipinski definition) is 2. The second-order valence-corrected chi connectivity index (χ2v) is 7.87. The largest absolute Gasteiger partial charge is 0.394 e. The molecule has 0 spiro atoms. The molecule has 0 saturated carbocycles. The fourth-order valence-electron chi connectivity index (χ4n) is 4.02. The number of aliphatic hydroxyl groups is 1. The van der Waals surface area contributed by atoms with Crippen LogP contribution in [0.15, 0.2) is 65.5 Å². The van der Waals surface area contributed by atoms with Gasteiger partial charge in [0.2, 0.25) is 0 Å². The molecular weight excluding hydrogens is 409 g/mol. The third-order valence-electron chi connectivity index (χ3n) is 5.72. The van der Waals surface area contributed by atoms with E-state index in [4.69, 9.17) is 5.10 Å². The first-order chi connectivity index (χ1) is 15.5. The fourth-order valence-corrected chi connectivity index (χ4v) is 4.02. The summed E-state index contributed by atoms with van der Waals surface area (Å²) in [7, 11) is 0. The minimum Gasteiger partial charge on any atom is -0.394 e. The minimum atomic E-state index is -0.330. The van der Waals surface area contributed by atoms with Gasteiger partial charge in [-0.2, -0.15) is 14.9 Å². The molecule has 0 aliphatic carbocycles. The molecule has 0 bridgehead atoms. The van der Waals surface area contributed by atoms with Crippen molar-refractivity contribution in [3.05, 3.63) is 82.4 Å². The molecule has 1 aliphatic heterocycles. The summed E-state index contributed by atoms with van der Waals surface area (Å²) in [4.78, 5) is 12.7. The Balaban J connectivity index is 1.73. The maximum atomic E-state index is 13.6. The summed E-state index contributed by atoms with van der Waals surface area (Å²) in [5, 5.41) is 22.5. The van der Waals surface area contributed by atoms with E-state index in [1.165, 1.54) is 22.9 Å². The molecule has 0 radical (unpaired) electrons. The first-order valence-corrected chi connectivity index (χ1v) is 10.5. The number of rotatable bonds is 4. The van der Waals surface area contributed by atoms with Crippen LogP contribution in [0.3, 0.4) is 0 Å². The Labute approximate surface area is 183 Å². The number of aryl methyl sites for hydroxylation is 2. The van der Waals surface area contributed by atoms with Crippen molar-refractivity contribution in [3.63, 3.8) is 0 Å². The summed E-state index contributed by atoms with van der Waals surface area (Å²) >= 11 is 0. The number of aliphatic hydroxyl groups excluding tert-OH is 1. The predicted molar refractivity (Wildman–Crippen MR) is 120 cm³/mol. The number of fused-ring (bicyclic) bond motifs is 1. The van der Waals surface area contributed by atoms with Crippen LogP contribution in [0.2, 0.25) is 0 Å². The lowest BCUT2D eigenvalue weighted by Gasteiger charge is -2.24. The van der Waals surface area contributed by atoms with Gasteiger partial charge in [0.25, 0.3) is 5.56 Å². The van der Waals surface area contributed by atoms with E-state index in [0.717, 1.165) is 23.4 Å². The Morgan fingerprint density at radius 2 is 1.88 bits per heavy atom. The quantitative estimate of drug-likeness (QED) is 0.518. The van der Waals surface area contributed by atoms with E-state index in [1.807, 2.05) is 35.9 Å². The molecule has 32 heavy (non-hydrogen) atoms. The highest BCUT2D eigenvalue weighted by Gasteiger charge is 2.27. The van der Waals surface area contributed by atoms with Crippen LogP contribution >= 0.6 is 0 Å². The third-order valence-corrected chi connectivity index (χ3v) is 5.72. The van der Waals surface area contributed by atoms with Gasteiger partial charge in [-0.05, 0) is 55.3 Å². The maximum absolute atomic E-state index is 13.6. The predicted octanol–water partition coefficient (Wildman–Crippen LogP) is 3.39. The number of nitrogens with one attached hydrogen (secondary N) is 1. The second kappa shape index (κ2) is 8.05. The van der Waals surface area contributed by atoms with Gasteiger partial charge in [-0.25, -0.2) is 9.07 Å². The Morgan fingerprint density at radius 3 is 2.62 bits per heavy atom. The Morgan fingerprint density at radius 1 is 1.09 bits per heavy atom. The molecule has 1 aliphatic rings. The van der Waals surface area contributed by atoms with E-state index >= 15 is 0 Å². The van der Waals surface area contributed by atoms with Gasteiger partial charge in [0.15, 0.2) is 0 Å². The molecule has 0 saturated heterocycles. The fraction of sp³-hybridized carbons (Fsp3) is 0.208. The molecule has 8 heteroatoms. The average Bonchev–Trinajstić information content (AvgIpc) is 3.19. The summed E-state index contributed by atoms with van der Waals surface area (Å²) in [5.74, 6) is 0.390. The smallest absolute Gasteiger partial charge is 0.271 e. The van der Waals surface area contributed by atoms with Crippen molar-refractivity contribution in [1.29, 1.82) is 0 Å². The number of nitrogens with zero attached hydrogens (tertiary/aromatic N) is 4. The van der Waals surface area contributed by atoms with Crippen LogP contribution in [0.4, 0.5) is 10.2 Å². The molecule has 2 aromatic carbocycles. The highest BCUT2D eigenvalue weighted by Crippen LogP contribution is 2.38. The van der Waals surface area contributed by atoms with Gasteiger partial charge in [-0.3, -0.25) is 4.79 Å². The number of halogens is 1. The van der Waals surface area contributed by atoms with Crippen LogP contribution in [-0.2, 0) is 6.54 Å². The van der Waals surface area contributed by atoms with Crippen molar-refractivity contribution in [2.24, 2.45) is 0 Å². The van der Waals surface area contributed by atoms with Crippen molar-refractivity contribution in [2.45, 2.75) is 25.9 Å². The summed E-state index contributed by atoms with van der Waals surface area (Å²) in [6.45, 7) is 2.54. The van der Waals surface area contributed by atoms with Crippen molar-refractivity contribution in [1.82, 2.24) is 19.6 Å². The van der Waals surface area contributed by atoms with E-state index in [2.05, 4.69) is 10.4 Å². The zero-order valence-corrected chi connectivity index (χ0v) is 17.5. The second-order valence-electron chi connectivity index (χ2n) is 7.87. The molecule has 2 aromatic heterocycles. The van der Waals surface area contributed by atoms with Crippen molar-refractivity contribution in [2.75, 3.05) is 11.9 Å². The zero-order valence-electron chi connectivity index (χ0n) is 17.5. The first-order valence-electron chi connectivity index (χ1n) is 10.5. The highest BCUT2D eigenvalue weighted by atomic mass is 19.1. The minimum absolute atomic E-state index is 0.00730. The lowest BCUT2D eigenvalue weighted by molar-refractivity contribution is 0.258. The topological polar surface area (TPSA) is 85.0 Å². The van der Waals surface area contributed by atoms with Crippen LogP contribution < -0.4 is 10.9 Å². The SMILES string of the molecule is Cc1ccccc1-n1nc(-c2c(-c3ccc(F)cc3)nn3c2N[C@H](CO)CC3)ccc1=O. The standard InChI is InChI=1S/C24H22FN5O2/c1-15-4-2-3-5-20(15)30-21(32)11-10-19(27-30)22-23(16-6-8-17(25)9-7-16)28-29-13-12-18(14-31)26-24(22)29/h2-11,18,26,31H,12-14H2,1H3/t18-/m0/s1. The van der Waals surface area contributed by atoms with Crippen molar-refractivity contribution < 1.29 is 9.50 Å². The van der Waals surface area contributed by atoms with E-state index in [-0.39, 0.29) is 24.0 Å². The summed E-state index contributed by atoms with van der Waals surface area (Å²) in [5.41, 5.74) is 4.01. The summed E-state index contributed by atoms with van der Waals surface area (Å²) in [6, 6.07) is 16.7. The molecule has 2 N–H and O–H groups in total. The van der Waals surface area contributed by atoms with Gasteiger partial charge in [0.05, 0.1) is 29.6 Å². The van der Waals surface area contributed by atoms with Gasteiger partial charge in [0.1, 0.15) is 17.3 Å². The monoisotopic (exact) mass is 431 g/mol. The number of benzene rings is 2. The molecular formula is C24H22FN5O2. The molecule has 4 aromatic rings. The van der Waals surface area contributed by atoms with Crippen LogP contribution in [0.5, 0.6) is 0 Å². The van der Waals surface area contributed by atoms with Gasteiger partial charge in [-0.15, -0.1) is 0 Å². The van der Waals surface area contributed by atoms with Gasteiger partial charge < -0.3 is 10.4 Å². The van der Waals surface area contributed by atoms with E-state index in [0.29, 0.717) is 29.2 Å². The van der Waals surface area contributed by atoms with Crippen molar-refractivity contribution >= 4 is 5.82 Å².